The molecule has 0 spiro atoms. The number of nitrogens with zero attached hydrogens (tertiary/aromatic N) is 5. The summed E-state index contributed by atoms with van der Waals surface area (Å²) in [6.07, 6.45) is 0. The highest BCUT2D eigenvalue weighted by Crippen LogP contribution is 2.43. The van der Waals surface area contributed by atoms with Crippen LogP contribution in [-0.4, -0.2) is 37.8 Å². The van der Waals surface area contributed by atoms with E-state index >= 15 is 0 Å². The van der Waals surface area contributed by atoms with Gasteiger partial charge in [0, 0.05) is 60.2 Å². The highest BCUT2D eigenvalue weighted by atomic mass is 31.2. The first-order chi connectivity index (χ1) is 29.9. The molecule has 11 aromatic rings. The van der Waals surface area contributed by atoms with E-state index in [1.807, 2.05) is 60.7 Å². The molecule has 0 unspecified atom stereocenters. The van der Waals surface area contributed by atoms with Gasteiger partial charge in [-0.3, -0.25) is 0 Å². The van der Waals surface area contributed by atoms with Gasteiger partial charge in [-0.25, -0.2) is 19.9 Å². The van der Waals surface area contributed by atoms with E-state index in [4.69, 9.17) is 19.9 Å². The van der Waals surface area contributed by atoms with Crippen LogP contribution < -0.4 is 5.30 Å². The van der Waals surface area contributed by atoms with Crippen molar-refractivity contribution in [1.82, 2.24) is 24.5 Å². The summed E-state index contributed by atoms with van der Waals surface area (Å²) in [5.74, 6) is 1.68. The topological polar surface area (TPSA) is 73.6 Å². The molecule has 7 heteroatoms. The van der Waals surface area contributed by atoms with Gasteiger partial charge in [0.15, 0.2) is 17.5 Å². The molecule has 0 amide bonds. The molecule has 0 fully saturated rings. The molecule has 11 rings (SSSR count). The van der Waals surface area contributed by atoms with Crippen LogP contribution in [0.1, 0.15) is 0 Å². The monoisotopic (exact) mass is 803 g/mol. The highest BCUT2D eigenvalue weighted by Gasteiger charge is 2.21. The Bertz CT molecular complexity index is 3510. The smallest absolute Gasteiger partial charge is 0.164 e. The third kappa shape index (κ3) is 6.49. The molecule has 0 saturated carbocycles. The molecule has 3 aromatic heterocycles. The van der Waals surface area contributed by atoms with Gasteiger partial charge in [0.05, 0.1) is 22.2 Å². The van der Waals surface area contributed by atoms with E-state index < -0.39 is 7.14 Å². The summed E-state index contributed by atoms with van der Waals surface area (Å²) in [7, 11) is -2.50. The second-order valence-corrected chi connectivity index (χ2v) is 19.0. The Balaban J connectivity index is 1.08. The number of fused-ring (bicyclic) bond motifs is 7. The Morgan fingerprint density at radius 2 is 0.967 bits per heavy atom. The minimum absolute atomic E-state index is 0.534. The van der Waals surface area contributed by atoms with Gasteiger partial charge in [-0.2, -0.15) is 0 Å². The van der Waals surface area contributed by atoms with E-state index in [1.54, 1.807) is 13.3 Å². The average molecular weight is 804 g/mol. The van der Waals surface area contributed by atoms with Crippen LogP contribution in [0.15, 0.2) is 194 Å². The van der Waals surface area contributed by atoms with Crippen molar-refractivity contribution >= 4 is 55.9 Å². The van der Waals surface area contributed by atoms with Crippen LogP contribution >= 0.6 is 7.14 Å². The first-order valence-corrected chi connectivity index (χ1v) is 23.0. The molecule has 0 radical (unpaired) electrons. The lowest BCUT2D eigenvalue weighted by molar-refractivity contribution is 0.588. The normalized spacial score (nSPS) is 11.8. The van der Waals surface area contributed by atoms with E-state index in [9.17, 15) is 4.57 Å². The zero-order valence-corrected chi connectivity index (χ0v) is 34.5. The van der Waals surface area contributed by atoms with Crippen LogP contribution in [0.5, 0.6) is 0 Å². The third-order valence-electron chi connectivity index (χ3n) is 11.5. The molecule has 0 atom stereocenters. The lowest BCUT2D eigenvalue weighted by Crippen LogP contribution is -2.05. The number of para-hydroxylation sites is 2. The molecular formula is C54H38N5OP. The first kappa shape index (κ1) is 36.5. The standard InChI is InChI=1S/C54H38N5OP/c1-61(2,60)42-22-14-19-40(33-42)54-57-52(37-17-8-4-9-18-37)56-53(58-54)38-27-25-35(26-28-38)39-29-31-46-45(34-39)49-44(51(55-46)36-15-6-3-7-16-36)30-32-48-50(49)43-23-12-13-24-47(43)59(48)41-20-10-5-11-21-41/h3-34H,1-2H3. The van der Waals surface area contributed by atoms with Crippen molar-refractivity contribution in [1.29, 1.82) is 0 Å². The quantitative estimate of drug-likeness (QED) is 0.118. The zero-order chi connectivity index (χ0) is 41.1. The maximum atomic E-state index is 13.0. The second kappa shape index (κ2) is 14.6. The summed E-state index contributed by atoms with van der Waals surface area (Å²) in [5, 5.41) is 6.59. The van der Waals surface area contributed by atoms with Crippen molar-refractivity contribution in [3.8, 4) is 62.2 Å². The van der Waals surface area contributed by atoms with E-state index in [1.165, 1.54) is 16.2 Å². The van der Waals surface area contributed by atoms with Crippen molar-refractivity contribution in [3.63, 3.8) is 0 Å². The van der Waals surface area contributed by atoms with Crippen LogP contribution in [0, 0.1) is 0 Å². The van der Waals surface area contributed by atoms with Gasteiger partial charge in [-0.1, -0.05) is 152 Å². The first-order valence-electron chi connectivity index (χ1n) is 20.4. The molecular weight excluding hydrogens is 766 g/mol. The van der Waals surface area contributed by atoms with Crippen molar-refractivity contribution < 1.29 is 4.57 Å². The van der Waals surface area contributed by atoms with Gasteiger partial charge in [-0.15, -0.1) is 0 Å². The minimum atomic E-state index is -2.50. The molecule has 61 heavy (non-hydrogen) atoms. The molecule has 3 heterocycles. The molecule has 0 aliphatic carbocycles. The number of hydrogen-bond acceptors (Lipinski definition) is 5. The predicted octanol–water partition coefficient (Wildman–Crippen LogP) is 13.3. The molecule has 8 aromatic carbocycles. The van der Waals surface area contributed by atoms with Crippen molar-refractivity contribution in [2.75, 3.05) is 13.3 Å². The van der Waals surface area contributed by atoms with Crippen molar-refractivity contribution in [3.05, 3.63) is 194 Å². The molecule has 0 bridgehead atoms. The predicted molar refractivity (Wildman–Crippen MR) is 253 cm³/mol. The Labute approximate surface area is 353 Å². The summed E-state index contributed by atoms with van der Waals surface area (Å²) in [5.41, 5.74) is 11.1. The van der Waals surface area contributed by atoms with Crippen LogP contribution in [-0.2, 0) is 4.57 Å². The van der Waals surface area contributed by atoms with Gasteiger partial charge in [0.2, 0.25) is 0 Å². The van der Waals surface area contributed by atoms with Crippen molar-refractivity contribution in [2.45, 2.75) is 0 Å². The molecule has 0 aliphatic heterocycles. The SMILES string of the molecule is CP(C)(=O)c1cccc(-c2nc(-c3ccccc3)nc(-c3ccc(-c4ccc5nc(-c6ccccc6)c6ccc7c(c8ccccc8n7-c7ccccc7)c6c5c4)cc3)n2)c1. The van der Waals surface area contributed by atoms with E-state index in [0.717, 1.165) is 77.4 Å². The Hall–Kier alpha value is -7.53. The highest BCUT2D eigenvalue weighted by molar-refractivity contribution is 7.70. The fourth-order valence-corrected chi connectivity index (χ4v) is 9.44. The van der Waals surface area contributed by atoms with Crippen LogP contribution in [0.4, 0.5) is 0 Å². The summed E-state index contributed by atoms with van der Waals surface area (Å²) >= 11 is 0. The van der Waals surface area contributed by atoms with Crippen LogP contribution in [0.2, 0.25) is 0 Å². The largest absolute Gasteiger partial charge is 0.319 e. The summed E-state index contributed by atoms with van der Waals surface area (Å²) in [6.45, 7) is 3.56. The van der Waals surface area contributed by atoms with Crippen LogP contribution in [0.25, 0.3) is 106 Å². The summed E-state index contributed by atoms with van der Waals surface area (Å²) in [4.78, 5) is 20.2. The fraction of sp³-hybridized carbons (Fsp3) is 0.0370. The number of aromatic nitrogens is 5. The van der Waals surface area contributed by atoms with E-state index in [2.05, 4.69) is 138 Å². The maximum Gasteiger partial charge on any atom is 0.164 e. The molecule has 290 valence electrons. The van der Waals surface area contributed by atoms with Gasteiger partial charge in [0.25, 0.3) is 0 Å². The van der Waals surface area contributed by atoms with Gasteiger partial charge >= 0.3 is 0 Å². The lowest BCUT2D eigenvalue weighted by Gasteiger charge is -2.14. The Morgan fingerprint density at radius 3 is 1.67 bits per heavy atom. The van der Waals surface area contributed by atoms with E-state index in [-0.39, 0.29) is 0 Å². The molecule has 0 saturated heterocycles. The molecule has 6 nitrogen and oxygen atoms in total. The zero-order valence-electron chi connectivity index (χ0n) is 33.6. The molecule has 0 aliphatic rings. The molecule has 0 N–H and O–H groups in total. The average Bonchev–Trinajstić information content (AvgIpc) is 3.66. The third-order valence-corrected chi connectivity index (χ3v) is 13.0. The number of rotatable bonds is 7. The number of benzene rings is 8. The summed E-state index contributed by atoms with van der Waals surface area (Å²) < 4.78 is 15.4. The lowest BCUT2D eigenvalue weighted by atomic mass is 9.94. The Kier molecular flexibility index (Phi) is 8.76. The van der Waals surface area contributed by atoms with E-state index in [0.29, 0.717) is 17.5 Å². The fourth-order valence-electron chi connectivity index (χ4n) is 8.55. The Morgan fingerprint density at radius 1 is 0.393 bits per heavy atom. The number of hydrogen-bond donors (Lipinski definition) is 0. The van der Waals surface area contributed by atoms with Gasteiger partial charge in [-0.05, 0) is 66.9 Å². The number of pyridine rings is 1. The van der Waals surface area contributed by atoms with Crippen molar-refractivity contribution in [2.24, 2.45) is 0 Å². The maximum absolute atomic E-state index is 13.0. The minimum Gasteiger partial charge on any atom is -0.319 e. The summed E-state index contributed by atoms with van der Waals surface area (Å²) in [6, 6.07) is 67.0. The van der Waals surface area contributed by atoms with Gasteiger partial charge in [0.1, 0.15) is 7.14 Å². The van der Waals surface area contributed by atoms with Gasteiger partial charge < -0.3 is 9.13 Å². The second-order valence-electron chi connectivity index (χ2n) is 15.8. The van der Waals surface area contributed by atoms with Crippen LogP contribution in [0.3, 0.4) is 0 Å².